The molecule has 0 heterocycles. The molecule has 1 aromatic carbocycles. The average Bonchev–Trinajstić information content (AvgIpc) is 3.12. The number of carbonyl (C=O) groups is 1. The molecular formula is C11H13NO3S. The first-order valence-electron chi connectivity index (χ1n) is 5.12. The number of nitrogens with one attached hydrogen (secondary N) is 1. The van der Waals surface area contributed by atoms with Crippen molar-refractivity contribution in [1.82, 2.24) is 4.72 Å². The fraction of sp³-hybridized carbons (Fsp3) is 0.364. The van der Waals surface area contributed by atoms with Gasteiger partial charge in [-0.15, -0.1) is 0 Å². The third-order valence-electron chi connectivity index (χ3n) is 2.65. The molecule has 1 aliphatic rings. The zero-order valence-electron chi connectivity index (χ0n) is 8.93. The fourth-order valence-corrected chi connectivity index (χ4v) is 2.29. The van der Waals surface area contributed by atoms with Gasteiger partial charge in [-0.05, 0) is 32.0 Å². The lowest BCUT2D eigenvalue weighted by molar-refractivity contribution is 0.0967. The maximum Gasteiger partial charge on any atom is 0.240 e. The second kappa shape index (κ2) is 3.99. The van der Waals surface area contributed by atoms with Crippen LogP contribution in [0.5, 0.6) is 0 Å². The second-order valence-corrected chi connectivity index (χ2v) is 5.76. The molecule has 1 fully saturated rings. The highest BCUT2D eigenvalue weighted by molar-refractivity contribution is 7.89. The lowest BCUT2D eigenvalue weighted by atomic mass is 10.1. The van der Waals surface area contributed by atoms with E-state index in [0.717, 1.165) is 12.8 Å². The number of hydrogen-bond donors (Lipinski definition) is 1. The van der Waals surface area contributed by atoms with Crippen LogP contribution >= 0.6 is 0 Å². The molecule has 1 N–H and O–H groups in total. The highest BCUT2D eigenvalue weighted by Gasteiger charge is 2.30. The first-order chi connectivity index (χ1) is 7.54. The summed E-state index contributed by atoms with van der Waals surface area (Å²) in [7, 11) is -2.11. The highest BCUT2D eigenvalue weighted by Crippen LogP contribution is 2.32. The van der Waals surface area contributed by atoms with Crippen LogP contribution in [0.1, 0.15) is 23.2 Å². The third-order valence-corrected chi connectivity index (χ3v) is 4.06. The number of ketones is 1. The van der Waals surface area contributed by atoms with Crippen molar-refractivity contribution in [2.75, 3.05) is 7.05 Å². The zero-order chi connectivity index (χ0) is 11.8. The van der Waals surface area contributed by atoms with E-state index >= 15 is 0 Å². The number of rotatable bonds is 4. The van der Waals surface area contributed by atoms with Gasteiger partial charge in [-0.3, -0.25) is 4.79 Å². The molecule has 86 valence electrons. The molecular weight excluding hydrogens is 226 g/mol. The van der Waals surface area contributed by atoms with Crippen LogP contribution in [0.25, 0.3) is 0 Å². The second-order valence-electron chi connectivity index (χ2n) is 3.87. The normalized spacial score (nSPS) is 16.1. The largest absolute Gasteiger partial charge is 0.294 e. The van der Waals surface area contributed by atoms with Crippen molar-refractivity contribution in [2.24, 2.45) is 5.92 Å². The maximum absolute atomic E-state index is 11.8. The molecule has 1 aliphatic carbocycles. The van der Waals surface area contributed by atoms with Crippen LogP contribution in [-0.2, 0) is 10.0 Å². The van der Waals surface area contributed by atoms with Crippen LogP contribution in [0.4, 0.5) is 0 Å². The Morgan fingerprint density at radius 3 is 2.62 bits per heavy atom. The van der Waals surface area contributed by atoms with Crippen molar-refractivity contribution in [3.8, 4) is 0 Å². The smallest absolute Gasteiger partial charge is 0.240 e. The van der Waals surface area contributed by atoms with Crippen molar-refractivity contribution in [2.45, 2.75) is 17.7 Å². The number of Topliss-reactive ketones (excluding diaryl/α,β-unsaturated/α-hetero) is 1. The summed E-state index contributed by atoms with van der Waals surface area (Å²) in [6, 6.07) is 6.18. The van der Waals surface area contributed by atoms with Crippen molar-refractivity contribution < 1.29 is 13.2 Å². The van der Waals surface area contributed by atoms with Gasteiger partial charge in [0.1, 0.15) is 0 Å². The highest BCUT2D eigenvalue weighted by atomic mass is 32.2. The van der Waals surface area contributed by atoms with E-state index in [9.17, 15) is 13.2 Å². The molecule has 2 rings (SSSR count). The van der Waals surface area contributed by atoms with Crippen molar-refractivity contribution >= 4 is 15.8 Å². The molecule has 0 aliphatic heterocycles. The van der Waals surface area contributed by atoms with Crippen LogP contribution in [0.15, 0.2) is 29.2 Å². The topological polar surface area (TPSA) is 63.2 Å². The van der Waals surface area contributed by atoms with Gasteiger partial charge in [-0.1, -0.05) is 12.1 Å². The van der Waals surface area contributed by atoms with Crippen molar-refractivity contribution in [1.29, 1.82) is 0 Å². The van der Waals surface area contributed by atoms with Crippen LogP contribution < -0.4 is 4.72 Å². The third kappa shape index (κ3) is 2.15. The van der Waals surface area contributed by atoms with Crippen molar-refractivity contribution in [3.63, 3.8) is 0 Å². The summed E-state index contributed by atoms with van der Waals surface area (Å²) in [4.78, 5) is 11.9. The van der Waals surface area contributed by atoms with Gasteiger partial charge in [-0.25, -0.2) is 13.1 Å². The van der Waals surface area contributed by atoms with E-state index in [4.69, 9.17) is 0 Å². The molecule has 0 amide bonds. The number of hydrogen-bond acceptors (Lipinski definition) is 3. The van der Waals surface area contributed by atoms with Crippen LogP contribution in [0.2, 0.25) is 0 Å². The first kappa shape index (κ1) is 11.3. The van der Waals surface area contributed by atoms with Gasteiger partial charge in [0, 0.05) is 11.5 Å². The van der Waals surface area contributed by atoms with Crippen LogP contribution in [0, 0.1) is 5.92 Å². The molecule has 1 saturated carbocycles. The van der Waals surface area contributed by atoms with E-state index in [1.807, 2.05) is 0 Å². The Hall–Kier alpha value is -1.20. The Morgan fingerprint density at radius 2 is 2.06 bits per heavy atom. The minimum Gasteiger partial charge on any atom is -0.294 e. The minimum absolute atomic E-state index is 0.0492. The first-order valence-corrected chi connectivity index (χ1v) is 6.61. The molecule has 16 heavy (non-hydrogen) atoms. The predicted molar refractivity (Wildman–Crippen MR) is 59.7 cm³/mol. The van der Waals surface area contributed by atoms with Crippen molar-refractivity contribution in [3.05, 3.63) is 29.8 Å². The summed E-state index contributed by atoms with van der Waals surface area (Å²) in [6.45, 7) is 0. The Labute approximate surface area is 94.7 Å². The number of sulfonamides is 1. The number of carbonyl (C=O) groups excluding carboxylic acids is 1. The summed E-state index contributed by atoms with van der Waals surface area (Å²) in [5.41, 5.74) is 0.485. The summed E-state index contributed by atoms with van der Waals surface area (Å²) in [6.07, 6.45) is 1.84. The maximum atomic E-state index is 11.8. The summed E-state index contributed by atoms with van der Waals surface area (Å²) in [5.74, 6) is 0.153. The standard InChI is InChI=1S/C11H13NO3S/c1-12-16(14,15)10-4-2-3-9(7-10)11(13)8-5-6-8/h2-4,7-8,12H,5-6H2,1H3. The Kier molecular flexibility index (Phi) is 2.82. The molecule has 4 nitrogen and oxygen atoms in total. The van der Waals surface area contributed by atoms with E-state index in [2.05, 4.69) is 4.72 Å². The molecule has 0 atom stereocenters. The predicted octanol–water partition coefficient (Wildman–Crippen LogP) is 1.19. The zero-order valence-corrected chi connectivity index (χ0v) is 9.75. The molecule has 0 saturated heterocycles. The van der Waals surface area contributed by atoms with Gasteiger partial charge in [0.25, 0.3) is 0 Å². The van der Waals surface area contributed by atoms with E-state index in [1.54, 1.807) is 12.1 Å². The molecule has 0 aromatic heterocycles. The number of benzene rings is 1. The van der Waals surface area contributed by atoms with Gasteiger partial charge >= 0.3 is 0 Å². The lowest BCUT2D eigenvalue weighted by Gasteiger charge is -2.04. The average molecular weight is 239 g/mol. The molecule has 1 aromatic rings. The van der Waals surface area contributed by atoms with Crippen LogP contribution in [-0.4, -0.2) is 21.2 Å². The molecule has 0 radical (unpaired) electrons. The molecule has 0 bridgehead atoms. The van der Waals surface area contributed by atoms with Gasteiger partial charge in [0.15, 0.2) is 5.78 Å². The van der Waals surface area contributed by atoms with E-state index < -0.39 is 10.0 Å². The van der Waals surface area contributed by atoms with Gasteiger partial charge in [0.05, 0.1) is 4.90 Å². The molecule has 0 spiro atoms. The van der Waals surface area contributed by atoms with Crippen LogP contribution in [0.3, 0.4) is 0 Å². The fourth-order valence-electron chi connectivity index (χ4n) is 1.52. The monoisotopic (exact) mass is 239 g/mol. The van der Waals surface area contributed by atoms with Gasteiger partial charge in [0.2, 0.25) is 10.0 Å². The van der Waals surface area contributed by atoms with Gasteiger partial charge in [-0.2, -0.15) is 0 Å². The lowest BCUT2D eigenvalue weighted by Crippen LogP contribution is -2.19. The quantitative estimate of drug-likeness (QED) is 0.803. The SMILES string of the molecule is CNS(=O)(=O)c1cccc(C(=O)C2CC2)c1. The Morgan fingerprint density at radius 1 is 1.38 bits per heavy atom. The molecule has 5 heteroatoms. The Balaban J connectivity index is 2.36. The Bertz CT molecular complexity index is 518. The molecule has 0 unspecified atom stereocenters. The summed E-state index contributed by atoms with van der Waals surface area (Å²) < 4.78 is 25.3. The van der Waals surface area contributed by atoms with E-state index in [-0.39, 0.29) is 16.6 Å². The summed E-state index contributed by atoms with van der Waals surface area (Å²) in [5, 5.41) is 0. The minimum atomic E-state index is -3.46. The van der Waals surface area contributed by atoms with E-state index in [1.165, 1.54) is 19.2 Å². The van der Waals surface area contributed by atoms with Gasteiger partial charge < -0.3 is 0 Å². The van der Waals surface area contributed by atoms with E-state index in [0.29, 0.717) is 5.56 Å². The summed E-state index contributed by atoms with van der Waals surface area (Å²) >= 11 is 0.